The van der Waals surface area contributed by atoms with Crippen LogP contribution in [0, 0.1) is 28.1 Å². The molecule has 1 aliphatic heterocycles. The minimum Gasteiger partial charge on any atom is -0.456 e. The number of carbonyl (C=O) groups excluding carboxylic acids is 6. The quantitative estimate of drug-likeness (QED) is 0.178. The van der Waals surface area contributed by atoms with E-state index in [-0.39, 0.29) is 29.7 Å². The van der Waals surface area contributed by atoms with Gasteiger partial charge < -0.3 is 48.7 Å². The number of carbonyl (C=O) groups is 6. The van der Waals surface area contributed by atoms with Crippen LogP contribution in [0.3, 0.4) is 0 Å². The van der Waals surface area contributed by atoms with E-state index < -0.39 is 124 Å². The van der Waals surface area contributed by atoms with Crippen LogP contribution in [0.1, 0.15) is 106 Å². The van der Waals surface area contributed by atoms with Crippen LogP contribution < -0.4 is 5.32 Å². The molecule has 0 spiro atoms. The van der Waals surface area contributed by atoms with Gasteiger partial charge in [0.2, 0.25) is 0 Å². The van der Waals surface area contributed by atoms with Gasteiger partial charge in [-0.3, -0.25) is 9.59 Å². The zero-order chi connectivity index (χ0) is 45.1. The van der Waals surface area contributed by atoms with Crippen molar-refractivity contribution in [3.63, 3.8) is 0 Å². The average molecular weight is 844 g/mol. The predicted octanol–water partition coefficient (Wildman–Crippen LogP) is 5.00. The highest BCUT2D eigenvalue weighted by atomic mass is 16.8. The van der Waals surface area contributed by atoms with Crippen LogP contribution in [0.25, 0.3) is 0 Å². The maximum absolute atomic E-state index is 15.6. The molecule has 1 heterocycles. The van der Waals surface area contributed by atoms with Gasteiger partial charge >= 0.3 is 30.2 Å². The summed E-state index contributed by atoms with van der Waals surface area (Å²) in [4.78, 5) is 83.1. The third kappa shape index (κ3) is 8.02. The van der Waals surface area contributed by atoms with Crippen LogP contribution in [-0.2, 0) is 47.5 Å². The van der Waals surface area contributed by atoms with Gasteiger partial charge in [0.15, 0.2) is 23.6 Å². The standard InChI is InChI=1S/C44H61NO15/c1-22-19-27-43(21-55-27,60-38(52)54-13)31-34(58-35(49)25-17-15-14-16-18-25)44(53)20-26(23(2)28(41(44,10)11)30(56-24(3)46)33(48)42(22,31)12)57-36(50)29(47)32(39(4,5)6)45-37(51)59-40(7,8)9/h14-18,22,26-27,29-32,34,47,53H,19-21H2,1-13H3,(H,45,51)/t22-,26-,27+,29+,30+,31-,32+,34-,42+,43-,44+/m0/s1. The van der Waals surface area contributed by atoms with E-state index in [2.05, 4.69) is 5.32 Å². The Morgan fingerprint density at radius 1 is 0.967 bits per heavy atom. The number of benzene rings is 1. The first-order valence-electron chi connectivity index (χ1n) is 20.2. The lowest BCUT2D eigenvalue weighted by Gasteiger charge is -2.67. The molecule has 16 heteroatoms. The molecule has 1 saturated heterocycles. The molecule has 0 aromatic heterocycles. The number of aliphatic hydroxyl groups is 2. The van der Waals surface area contributed by atoms with Crippen molar-refractivity contribution < 1.29 is 72.1 Å². The molecule has 332 valence electrons. The normalized spacial score (nSPS) is 33.1. The van der Waals surface area contributed by atoms with Crippen LogP contribution >= 0.6 is 0 Å². The van der Waals surface area contributed by atoms with Gasteiger partial charge in [-0.2, -0.15) is 0 Å². The summed E-state index contributed by atoms with van der Waals surface area (Å²) in [5.74, 6) is -5.52. The fourth-order valence-electron chi connectivity index (χ4n) is 9.79. The molecule has 11 atom stereocenters. The summed E-state index contributed by atoms with van der Waals surface area (Å²) in [6, 6.07) is 6.74. The summed E-state index contributed by atoms with van der Waals surface area (Å²) < 4.78 is 40.9. The number of Topliss-reactive ketones (excluding diaryl/α,β-unsaturated/α-hetero) is 1. The average Bonchev–Trinajstić information content (AvgIpc) is 3.13. The predicted molar refractivity (Wildman–Crippen MR) is 212 cm³/mol. The van der Waals surface area contributed by atoms with E-state index in [0.29, 0.717) is 0 Å². The van der Waals surface area contributed by atoms with Gasteiger partial charge in [0.1, 0.15) is 29.5 Å². The van der Waals surface area contributed by atoms with Gasteiger partial charge in [-0.15, -0.1) is 0 Å². The molecule has 5 rings (SSSR count). The molecule has 60 heavy (non-hydrogen) atoms. The number of hydrogen-bond donors (Lipinski definition) is 3. The topological polar surface area (TPSA) is 220 Å². The smallest absolute Gasteiger partial charge is 0.456 e. The lowest BCUT2D eigenvalue weighted by Crippen LogP contribution is -2.81. The van der Waals surface area contributed by atoms with Crippen LogP contribution in [0.2, 0.25) is 0 Å². The number of rotatable bonds is 8. The third-order valence-corrected chi connectivity index (χ3v) is 13.2. The van der Waals surface area contributed by atoms with Crippen molar-refractivity contribution in [1.82, 2.24) is 5.32 Å². The second kappa shape index (κ2) is 16.1. The number of fused-ring (bicyclic) bond motifs is 5. The number of alkyl carbamates (subject to hydrolysis) is 1. The Kier molecular flexibility index (Phi) is 12.4. The fraction of sp³-hybridized carbons (Fsp3) is 0.682. The van der Waals surface area contributed by atoms with Crippen molar-refractivity contribution in [1.29, 1.82) is 0 Å². The monoisotopic (exact) mass is 843 g/mol. The molecular weight excluding hydrogens is 782 g/mol. The lowest BCUT2D eigenvalue weighted by atomic mass is 9.43. The van der Waals surface area contributed by atoms with E-state index in [1.807, 2.05) is 0 Å². The van der Waals surface area contributed by atoms with Gasteiger partial charge in [0, 0.05) is 24.2 Å². The second-order valence-corrected chi connectivity index (χ2v) is 19.5. The summed E-state index contributed by atoms with van der Waals surface area (Å²) in [7, 11) is 1.11. The van der Waals surface area contributed by atoms with E-state index in [0.717, 1.165) is 14.0 Å². The van der Waals surface area contributed by atoms with Gasteiger partial charge in [-0.25, -0.2) is 19.2 Å². The van der Waals surface area contributed by atoms with Crippen LogP contribution in [0.4, 0.5) is 9.59 Å². The zero-order valence-corrected chi connectivity index (χ0v) is 36.8. The Bertz CT molecular complexity index is 1910. The lowest BCUT2D eigenvalue weighted by molar-refractivity contribution is -0.338. The maximum Gasteiger partial charge on any atom is 0.508 e. The van der Waals surface area contributed by atoms with Crippen molar-refractivity contribution in [3.8, 4) is 0 Å². The molecule has 4 aliphatic rings. The first-order chi connectivity index (χ1) is 27.6. The van der Waals surface area contributed by atoms with Crippen molar-refractivity contribution >= 4 is 35.9 Å². The van der Waals surface area contributed by atoms with Crippen LogP contribution in [0.5, 0.6) is 0 Å². The molecule has 0 radical (unpaired) electrons. The Hall–Kier alpha value is -4.54. The minimum absolute atomic E-state index is 0.0885. The van der Waals surface area contributed by atoms with Gasteiger partial charge in [-0.1, -0.05) is 66.7 Å². The van der Waals surface area contributed by atoms with E-state index >= 15 is 4.79 Å². The van der Waals surface area contributed by atoms with E-state index in [4.69, 9.17) is 33.2 Å². The minimum atomic E-state index is -2.31. The summed E-state index contributed by atoms with van der Waals surface area (Å²) in [6.07, 6.45) is -9.95. The van der Waals surface area contributed by atoms with Crippen molar-refractivity contribution in [2.75, 3.05) is 13.7 Å². The second-order valence-electron chi connectivity index (χ2n) is 19.5. The number of esters is 3. The Morgan fingerprint density at radius 3 is 2.10 bits per heavy atom. The molecule has 3 fully saturated rings. The molecular formula is C44H61NO15. The maximum atomic E-state index is 15.6. The highest BCUT2D eigenvalue weighted by molar-refractivity contribution is 5.95. The molecule has 2 bridgehead atoms. The van der Waals surface area contributed by atoms with Gasteiger partial charge in [0.05, 0.1) is 31.2 Å². The molecule has 0 unspecified atom stereocenters. The number of ether oxygens (including phenoxy) is 7. The molecule has 1 amide bonds. The first-order valence-corrected chi connectivity index (χ1v) is 20.2. The largest absolute Gasteiger partial charge is 0.508 e. The van der Waals surface area contributed by atoms with Crippen LogP contribution in [0.15, 0.2) is 41.5 Å². The molecule has 1 aromatic rings. The first kappa shape index (κ1) is 46.5. The molecule has 2 saturated carbocycles. The summed E-state index contributed by atoms with van der Waals surface area (Å²) in [5.41, 5.74) is -8.68. The number of hydrogen-bond acceptors (Lipinski definition) is 15. The molecule has 16 nitrogen and oxygen atoms in total. The van der Waals surface area contributed by atoms with Gasteiger partial charge in [0.25, 0.3) is 0 Å². The van der Waals surface area contributed by atoms with Gasteiger partial charge in [-0.05, 0) is 68.7 Å². The van der Waals surface area contributed by atoms with Crippen molar-refractivity contribution in [2.24, 2.45) is 28.1 Å². The van der Waals surface area contributed by atoms with E-state index in [1.54, 1.807) is 94.4 Å². The molecule has 3 N–H and O–H groups in total. The SMILES string of the molecule is COC(=O)O[C@@]12CO[C@@H]1C[C@H](C)[C@@]1(C)C(=O)[C@H](OC(C)=O)C3=C(C)[C@@H](OC(=O)[C@H](O)[C@@H](NC(=O)OC(C)(C)C)C(C)(C)C)C[C@@](O)([C@@H](OC(=O)c4ccccc4)[C@H]21)C3(C)C. The van der Waals surface area contributed by atoms with E-state index in [1.165, 1.54) is 12.1 Å². The highest BCUT2D eigenvalue weighted by Crippen LogP contribution is 2.65. The molecule has 3 aliphatic carbocycles. The number of amides is 1. The third-order valence-electron chi connectivity index (χ3n) is 13.2. The number of ketones is 1. The van der Waals surface area contributed by atoms with Crippen LogP contribution in [-0.4, -0.2) is 113 Å². The molecule has 1 aromatic carbocycles. The summed E-state index contributed by atoms with van der Waals surface area (Å²) in [6.45, 7) is 19.1. The fourth-order valence-corrected chi connectivity index (χ4v) is 9.79. The zero-order valence-electron chi connectivity index (χ0n) is 36.8. The highest BCUT2D eigenvalue weighted by Gasteiger charge is 2.78. The number of aliphatic hydroxyl groups excluding tert-OH is 1. The number of methoxy groups -OCH3 is 1. The van der Waals surface area contributed by atoms with E-state index in [9.17, 15) is 34.2 Å². The summed E-state index contributed by atoms with van der Waals surface area (Å²) >= 11 is 0. The Balaban J connectivity index is 1.74. The van der Waals surface area contributed by atoms with Crippen molar-refractivity contribution in [3.05, 3.63) is 47.0 Å². The van der Waals surface area contributed by atoms with Crippen molar-refractivity contribution in [2.45, 2.75) is 149 Å². The Morgan fingerprint density at radius 2 is 1.58 bits per heavy atom. The summed E-state index contributed by atoms with van der Waals surface area (Å²) in [5, 5.41) is 27.9. The number of nitrogens with one attached hydrogen (secondary N) is 1. The Labute approximate surface area is 350 Å².